The molecule has 6 heteroatoms. The zero-order valence-corrected chi connectivity index (χ0v) is 21.2. The quantitative estimate of drug-likeness (QED) is 0.535. The van der Waals surface area contributed by atoms with Crippen LogP contribution in [0.5, 0.6) is 0 Å². The summed E-state index contributed by atoms with van der Waals surface area (Å²) in [6.07, 6.45) is 0.928. The maximum atomic E-state index is 15.5. The standard InChI is InChI=1S/C26H37FN2O2Si/c1-26(2,3)32(4,5)31-19-22-7-6-8-24(25(22)27)29-12-11-20-17-23(10-9-21(20)18-29)28-13-15-30-16-14-28/h6-10,17H,11-16,18-19H2,1-5H3. The zero-order chi connectivity index (χ0) is 22.9. The normalized spacial score (nSPS) is 17.4. The van der Waals surface area contributed by atoms with Crippen LogP contribution < -0.4 is 9.80 Å². The van der Waals surface area contributed by atoms with Gasteiger partial charge >= 0.3 is 0 Å². The van der Waals surface area contributed by atoms with Crippen LogP contribution in [0.4, 0.5) is 15.8 Å². The van der Waals surface area contributed by atoms with Gasteiger partial charge in [0.25, 0.3) is 0 Å². The smallest absolute Gasteiger partial charge is 0.192 e. The minimum atomic E-state index is -1.93. The maximum absolute atomic E-state index is 15.5. The van der Waals surface area contributed by atoms with E-state index >= 15 is 4.39 Å². The number of halogens is 1. The third-order valence-corrected chi connectivity index (χ3v) is 11.9. The second kappa shape index (κ2) is 9.16. The SMILES string of the molecule is CC(C)(C)[Si](C)(C)OCc1cccc(N2CCc3cc(N4CCOCC4)ccc3C2)c1F. The Kier molecular flexibility index (Phi) is 6.66. The number of hydrogen-bond acceptors (Lipinski definition) is 4. The molecule has 2 aliphatic rings. The van der Waals surface area contributed by atoms with Crippen molar-refractivity contribution in [3.8, 4) is 0 Å². The molecule has 1 fully saturated rings. The fourth-order valence-electron chi connectivity index (χ4n) is 4.16. The monoisotopic (exact) mass is 456 g/mol. The average Bonchev–Trinajstić information content (AvgIpc) is 2.77. The van der Waals surface area contributed by atoms with Crippen LogP contribution in [0.2, 0.25) is 18.1 Å². The summed E-state index contributed by atoms with van der Waals surface area (Å²) in [5.41, 5.74) is 5.28. The minimum absolute atomic E-state index is 0.109. The number of fused-ring (bicyclic) bond motifs is 1. The number of rotatable bonds is 5. The van der Waals surface area contributed by atoms with Crippen molar-refractivity contribution in [3.63, 3.8) is 0 Å². The van der Waals surface area contributed by atoms with Crippen molar-refractivity contribution >= 4 is 19.7 Å². The van der Waals surface area contributed by atoms with Gasteiger partial charge in [-0.15, -0.1) is 0 Å². The summed E-state index contributed by atoms with van der Waals surface area (Å²) < 4.78 is 27.3. The molecular weight excluding hydrogens is 419 g/mol. The first-order valence-corrected chi connectivity index (χ1v) is 14.7. The number of anilines is 2. The van der Waals surface area contributed by atoms with Crippen LogP contribution in [0, 0.1) is 5.82 Å². The summed E-state index contributed by atoms with van der Waals surface area (Å²) in [4.78, 5) is 4.56. The predicted molar refractivity (Wildman–Crippen MR) is 133 cm³/mol. The van der Waals surface area contributed by atoms with Crippen molar-refractivity contribution in [1.82, 2.24) is 0 Å². The van der Waals surface area contributed by atoms with Gasteiger partial charge in [0.05, 0.1) is 25.5 Å². The largest absolute Gasteiger partial charge is 0.412 e. The Morgan fingerprint density at radius 1 is 1.00 bits per heavy atom. The summed E-state index contributed by atoms with van der Waals surface area (Å²) in [7, 11) is -1.93. The first-order valence-electron chi connectivity index (χ1n) is 11.8. The fourth-order valence-corrected chi connectivity index (χ4v) is 5.11. The van der Waals surface area contributed by atoms with Gasteiger partial charge in [-0.2, -0.15) is 0 Å². The fraction of sp³-hybridized carbons (Fsp3) is 0.538. The Morgan fingerprint density at radius 3 is 2.47 bits per heavy atom. The Labute approximate surface area is 193 Å². The second-order valence-corrected chi connectivity index (χ2v) is 15.3. The molecule has 2 aromatic carbocycles. The lowest BCUT2D eigenvalue weighted by molar-refractivity contribution is 0.122. The molecule has 2 aliphatic heterocycles. The molecule has 0 saturated carbocycles. The first kappa shape index (κ1) is 23.3. The molecule has 0 aliphatic carbocycles. The van der Waals surface area contributed by atoms with Crippen LogP contribution in [0.25, 0.3) is 0 Å². The molecular formula is C26H37FN2O2Si. The molecule has 0 atom stereocenters. The van der Waals surface area contributed by atoms with Gasteiger partial charge in [0.1, 0.15) is 0 Å². The Bertz CT molecular complexity index is 951. The number of morpholine rings is 1. The van der Waals surface area contributed by atoms with Gasteiger partial charge in [0, 0.05) is 37.4 Å². The van der Waals surface area contributed by atoms with Gasteiger partial charge in [0.2, 0.25) is 0 Å². The van der Waals surface area contributed by atoms with E-state index in [1.165, 1.54) is 16.8 Å². The highest BCUT2D eigenvalue weighted by Gasteiger charge is 2.37. The van der Waals surface area contributed by atoms with Crippen molar-refractivity contribution < 1.29 is 13.6 Å². The Hall–Kier alpha value is -1.89. The van der Waals surface area contributed by atoms with Gasteiger partial charge < -0.3 is 19.0 Å². The predicted octanol–water partition coefficient (Wildman–Crippen LogP) is 5.75. The van der Waals surface area contributed by atoms with Crippen molar-refractivity contribution in [2.75, 3.05) is 42.6 Å². The number of ether oxygens (including phenoxy) is 1. The highest BCUT2D eigenvalue weighted by molar-refractivity contribution is 6.74. The summed E-state index contributed by atoms with van der Waals surface area (Å²) in [5, 5.41) is 0.109. The molecule has 2 heterocycles. The van der Waals surface area contributed by atoms with Crippen molar-refractivity contribution in [2.45, 2.75) is 58.5 Å². The number of benzene rings is 2. The van der Waals surface area contributed by atoms with Crippen LogP contribution >= 0.6 is 0 Å². The molecule has 0 amide bonds. The molecule has 32 heavy (non-hydrogen) atoms. The van der Waals surface area contributed by atoms with Crippen LogP contribution in [-0.2, 0) is 28.7 Å². The zero-order valence-electron chi connectivity index (χ0n) is 20.2. The van der Waals surface area contributed by atoms with E-state index in [9.17, 15) is 0 Å². The van der Waals surface area contributed by atoms with E-state index in [4.69, 9.17) is 9.16 Å². The topological polar surface area (TPSA) is 24.9 Å². The summed E-state index contributed by atoms with van der Waals surface area (Å²) in [6.45, 7) is 16.4. The molecule has 0 aromatic heterocycles. The van der Waals surface area contributed by atoms with Gasteiger partial charge in [-0.05, 0) is 53.9 Å². The van der Waals surface area contributed by atoms with E-state index in [0.29, 0.717) is 17.9 Å². The van der Waals surface area contributed by atoms with Crippen molar-refractivity contribution in [3.05, 3.63) is 58.9 Å². The summed E-state index contributed by atoms with van der Waals surface area (Å²) >= 11 is 0. The van der Waals surface area contributed by atoms with E-state index in [1.54, 1.807) is 0 Å². The third kappa shape index (κ3) is 4.87. The Morgan fingerprint density at radius 2 is 1.75 bits per heavy atom. The highest BCUT2D eigenvalue weighted by atomic mass is 28.4. The second-order valence-electron chi connectivity index (χ2n) is 10.5. The van der Waals surface area contributed by atoms with Gasteiger partial charge in [0.15, 0.2) is 14.1 Å². The van der Waals surface area contributed by atoms with Gasteiger partial charge in [-0.1, -0.05) is 39.0 Å². The van der Waals surface area contributed by atoms with Crippen LogP contribution in [-0.4, -0.2) is 41.2 Å². The van der Waals surface area contributed by atoms with E-state index in [1.807, 2.05) is 18.2 Å². The molecule has 4 rings (SSSR count). The number of hydrogen-bond donors (Lipinski definition) is 0. The Balaban J connectivity index is 1.48. The van der Waals surface area contributed by atoms with E-state index < -0.39 is 8.32 Å². The molecule has 1 saturated heterocycles. The molecule has 0 spiro atoms. The van der Waals surface area contributed by atoms with E-state index in [2.05, 4.69) is 61.9 Å². The van der Waals surface area contributed by atoms with Gasteiger partial charge in [-0.25, -0.2) is 4.39 Å². The summed E-state index contributed by atoms with van der Waals surface area (Å²) in [5.74, 6) is -0.139. The molecule has 0 radical (unpaired) electrons. The summed E-state index contributed by atoms with van der Waals surface area (Å²) in [6, 6.07) is 12.5. The highest BCUT2D eigenvalue weighted by Crippen LogP contribution is 2.38. The number of nitrogens with zero attached hydrogens (tertiary/aromatic N) is 2. The van der Waals surface area contributed by atoms with E-state index in [0.717, 1.165) is 45.8 Å². The van der Waals surface area contributed by atoms with Crippen LogP contribution in [0.15, 0.2) is 36.4 Å². The lowest BCUT2D eigenvalue weighted by Gasteiger charge is -2.36. The molecule has 0 unspecified atom stereocenters. The molecule has 4 nitrogen and oxygen atoms in total. The van der Waals surface area contributed by atoms with Crippen molar-refractivity contribution in [2.24, 2.45) is 0 Å². The molecule has 0 N–H and O–H groups in total. The lowest BCUT2D eigenvalue weighted by atomic mass is 9.98. The molecule has 2 aromatic rings. The van der Waals surface area contributed by atoms with Gasteiger partial charge in [-0.3, -0.25) is 0 Å². The maximum Gasteiger partial charge on any atom is 0.192 e. The van der Waals surface area contributed by atoms with Crippen LogP contribution in [0.3, 0.4) is 0 Å². The molecule has 174 valence electrons. The third-order valence-electron chi connectivity index (χ3n) is 7.37. The lowest BCUT2D eigenvalue weighted by Crippen LogP contribution is -2.40. The first-order chi connectivity index (χ1) is 15.2. The molecule has 0 bridgehead atoms. The van der Waals surface area contributed by atoms with Crippen LogP contribution in [0.1, 0.15) is 37.5 Å². The average molecular weight is 457 g/mol. The minimum Gasteiger partial charge on any atom is -0.412 e. The van der Waals surface area contributed by atoms with Crippen molar-refractivity contribution in [1.29, 1.82) is 0 Å². The van der Waals surface area contributed by atoms with E-state index in [-0.39, 0.29) is 10.9 Å².